The van der Waals surface area contributed by atoms with Crippen LogP contribution in [0.15, 0.2) is 61.1 Å². The number of ether oxygens (including phenoxy) is 1. The van der Waals surface area contributed by atoms with Gasteiger partial charge in [0.2, 0.25) is 0 Å². The Hall–Kier alpha value is -4.48. The van der Waals surface area contributed by atoms with E-state index in [1.54, 1.807) is 46.2 Å². The number of nitrogens with zero attached hydrogens (tertiary/aromatic N) is 6. The summed E-state index contributed by atoms with van der Waals surface area (Å²) in [7, 11) is 0. The molecule has 4 aromatic rings. The number of fused-ring (bicyclic) bond motifs is 1. The van der Waals surface area contributed by atoms with Gasteiger partial charge in [0, 0.05) is 61.9 Å². The van der Waals surface area contributed by atoms with E-state index in [4.69, 9.17) is 4.74 Å². The van der Waals surface area contributed by atoms with Gasteiger partial charge in [-0.2, -0.15) is 18.3 Å². The van der Waals surface area contributed by atoms with Gasteiger partial charge in [-0.3, -0.25) is 4.79 Å². The second-order valence-corrected chi connectivity index (χ2v) is 11.5. The molecule has 1 fully saturated rings. The molecule has 1 amide bonds. The van der Waals surface area contributed by atoms with Gasteiger partial charge < -0.3 is 14.5 Å². The van der Waals surface area contributed by atoms with E-state index in [9.17, 15) is 22.8 Å². The van der Waals surface area contributed by atoms with Crippen molar-refractivity contribution in [3.8, 4) is 22.4 Å². The van der Waals surface area contributed by atoms with Crippen LogP contribution in [0, 0.1) is 0 Å². The van der Waals surface area contributed by atoms with Gasteiger partial charge >= 0.3 is 12.3 Å². The van der Waals surface area contributed by atoms with Gasteiger partial charge in [0.25, 0.3) is 0 Å². The molecule has 1 aliphatic rings. The number of hydrogen-bond donors (Lipinski definition) is 0. The molecular formula is C31H33F3N6O3. The Balaban J connectivity index is 1.24. The molecule has 0 spiro atoms. The highest BCUT2D eigenvalue weighted by molar-refractivity contribution is 5.81. The van der Waals surface area contributed by atoms with Crippen molar-refractivity contribution >= 4 is 23.3 Å². The highest BCUT2D eigenvalue weighted by Gasteiger charge is 2.28. The molecule has 0 aliphatic carbocycles. The number of aromatic nitrogens is 4. The summed E-state index contributed by atoms with van der Waals surface area (Å²) in [6, 6.07) is 12.9. The first-order chi connectivity index (χ1) is 20.3. The maximum atomic E-state index is 12.5. The molecule has 0 N–H and O–H groups in total. The minimum absolute atomic E-state index is 0.0688. The SMILES string of the molecule is CC(C)(C)OC(=O)N1CCN(c2ccc(-c3cnn4c(-c5cccc(CC(=O)CCC(F)(F)F)c5)cnc4c3)cn2)CC1. The van der Waals surface area contributed by atoms with E-state index >= 15 is 0 Å². The molecule has 226 valence electrons. The highest BCUT2D eigenvalue weighted by atomic mass is 19.4. The molecule has 0 unspecified atom stereocenters. The zero-order chi connectivity index (χ0) is 30.8. The predicted octanol–water partition coefficient (Wildman–Crippen LogP) is 5.97. The highest BCUT2D eigenvalue weighted by Crippen LogP contribution is 2.27. The first-order valence-corrected chi connectivity index (χ1v) is 14.1. The summed E-state index contributed by atoms with van der Waals surface area (Å²) >= 11 is 0. The smallest absolute Gasteiger partial charge is 0.410 e. The second kappa shape index (κ2) is 12.0. The molecule has 12 heteroatoms. The molecular weight excluding hydrogens is 561 g/mol. The largest absolute Gasteiger partial charge is 0.444 e. The number of hydrogen-bond acceptors (Lipinski definition) is 7. The van der Waals surface area contributed by atoms with Crippen LogP contribution >= 0.6 is 0 Å². The predicted molar refractivity (Wildman–Crippen MR) is 156 cm³/mol. The molecule has 1 aromatic carbocycles. The molecule has 0 bridgehead atoms. The Morgan fingerprint density at radius 2 is 1.65 bits per heavy atom. The molecule has 0 radical (unpaired) electrons. The number of anilines is 1. The number of imidazole rings is 1. The van der Waals surface area contributed by atoms with E-state index < -0.39 is 30.4 Å². The van der Waals surface area contributed by atoms with Crippen molar-refractivity contribution in [2.75, 3.05) is 31.1 Å². The van der Waals surface area contributed by atoms with E-state index in [2.05, 4.69) is 20.0 Å². The fourth-order valence-corrected chi connectivity index (χ4v) is 4.86. The van der Waals surface area contributed by atoms with Gasteiger partial charge in [0.15, 0.2) is 5.65 Å². The van der Waals surface area contributed by atoms with E-state index in [1.165, 1.54) is 0 Å². The molecule has 1 saturated heterocycles. The summed E-state index contributed by atoms with van der Waals surface area (Å²) < 4.78 is 44.6. The minimum Gasteiger partial charge on any atom is -0.444 e. The zero-order valence-corrected chi connectivity index (χ0v) is 24.3. The van der Waals surface area contributed by atoms with E-state index in [0.29, 0.717) is 43.1 Å². The van der Waals surface area contributed by atoms with Crippen LogP contribution in [0.25, 0.3) is 28.0 Å². The first kappa shape index (κ1) is 30.0. The molecule has 9 nitrogen and oxygen atoms in total. The van der Waals surface area contributed by atoms with Crippen LogP contribution in [0.4, 0.5) is 23.8 Å². The van der Waals surface area contributed by atoms with E-state index in [-0.39, 0.29) is 12.5 Å². The third-order valence-electron chi connectivity index (χ3n) is 7.01. The van der Waals surface area contributed by atoms with Crippen molar-refractivity contribution in [1.82, 2.24) is 24.5 Å². The van der Waals surface area contributed by atoms with Gasteiger partial charge in [-0.25, -0.2) is 19.3 Å². The van der Waals surface area contributed by atoms with Crippen molar-refractivity contribution in [1.29, 1.82) is 0 Å². The lowest BCUT2D eigenvalue weighted by Crippen LogP contribution is -2.50. The third kappa shape index (κ3) is 7.68. The average molecular weight is 595 g/mol. The summed E-state index contributed by atoms with van der Waals surface area (Å²) in [6.45, 7) is 7.97. The topological polar surface area (TPSA) is 92.9 Å². The fourth-order valence-electron chi connectivity index (χ4n) is 4.86. The van der Waals surface area contributed by atoms with Gasteiger partial charge in [0.1, 0.15) is 17.2 Å². The summed E-state index contributed by atoms with van der Waals surface area (Å²) in [5.74, 6) is 0.361. The first-order valence-electron chi connectivity index (χ1n) is 14.1. The summed E-state index contributed by atoms with van der Waals surface area (Å²) in [5.41, 5.74) is 3.88. The Labute approximate surface area is 247 Å². The van der Waals surface area contributed by atoms with Crippen LogP contribution in [0.2, 0.25) is 0 Å². The van der Waals surface area contributed by atoms with Crippen LogP contribution in [-0.2, 0) is 16.0 Å². The number of piperazine rings is 1. The van der Waals surface area contributed by atoms with Crippen LogP contribution in [0.5, 0.6) is 0 Å². The number of amides is 1. The van der Waals surface area contributed by atoms with Crippen LogP contribution in [-0.4, -0.2) is 74.3 Å². The quantitative estimate of drug-likeness (QED) is 0.260. The molecule has 3 aromatic heterocycles. The number of alkyl halides is 3. The molecule has 5 rings (SSSR count). The number of ketones is 1. The number of benzene rings is 1. The van der Waals surface area contributed by atoms with Crippen LogP contribution < -0.4 is 4.90 Å². The number of pyridine rings is 1. The molecule has 1 aliphatic heterocycles. The molecule has 4 heterocycles. The third-order valence-corrected chi connectivity index (χ3v) is 7.01. The standard InChI is InChI=1S/C31H33F3N6O3/c1-30(2,3)43-29(42)39-13-11-38(12-14-39)27-8-7-23(18-35-27)24-17-28-36-20-26(40(28)37-19-24)22-6-4-5-21(15-22)16-25(41)9-10-31(32,33)34/h4-8,15,17-20H,9-14,16H2,1-3H3. The fraction of sp³-hybridized carbons (Fsp3) is 0.387. The van der Waals surface area contributed by atoms with Gasteiger partial charge in [-0.05, 0) is 50.6 Å². The minimum atomic E-state index is -4.35. The van der Waals surface area contributed by atoms with E-state index in [0.717, 1.165) is 22.5 Å². The average Bonchev–Trinajstić information content (AvgIpc) is 3.39. The van der Waals surface area contributed by atoms with Gasteiger partial charge in [-0.1, -0.05) is 18.2 Å². The van der Waals surface area contributed by atoms with Crippen molar-refractivity contribution in [3.05, 3.63) is 66.6 Å². The van der Waals surface area contributed by atoms with E-state index in [1.807, 2.05) is 45.0 Å². The summed E-state index contributed by atoms with van der Waals surface area (Å²) in [5, 5.41) is 4.58. The Morgan fingerprint density at radius 3 is 2.33 bits per heavy atom. The number of Topliss-reactive ketones (excluding diaryl/α,β-unsaturated/α-hetero) is 1. The van der Waals surface area contributed by atoms with Crippen molar-refractivity contribution in [3.63, 3.8) is 0 Å². The van der Waals surface area contributed by atoms with Crippen molar-refractivity contribution in [2.45, 2.75) is 51.8 Å². The van der Waals surface area contributed by atoms with Crippen molar-refractivity contribution in [2.24, 2.45) is 0 Å². The van der Waals surface area contributed by atoms with Crippen LogP contribution in [0.1, 0.15) is 39.2 Å². The number of halogens is 3. The number of rotatable bonds is 7. The molecule has 43 heavy (non-hydrogen) atoms. The monoisotopic (exact) mass is 594 g/mol. The van der Waals surface area contributed by atoms with Gasteiger partial charge in [-0.15, -0.1) is 0 Å². The lowest BCUT2D eigenvalue weighted by molar-refractivity contribution is -0.143. The lowest BCUT2D eigenvalue weighted by atomic mass is 10.0. The molecule has 0 saturated carbocycles. The van der Waals surface area contributed by atoms with Crippen molar-refractivity contribution < 1.29 is 27.5 Å². The zero-order valence-electron chi connectivity index (χ0n) is 24.3. The van der Waals surface area contributed by atoms with Gasteiger partial charge in [0.05, 0.1) is 24.5 Å². The maximum absolute atomic E-state index is 12.5. The summed E-state index contributed by atoms with van der Waals surface area (Å²) in [6.07, 6.45) is -1.19. The number of carbonyl (C=O) groups excluding carboxylic acids is 2. The Bertz CT molecular complexity index is 1600. The maximum Gasteiger partial charge on any atom is 0.410 e. The second-order valence-electron chi connectivity index (χ2n) is 11.5. The van der Waals surface area contributed by atoms with Crippen LogP contribution in [0.3, 0.4) is 0 Å². The lowest BCUT2D eigenvalue weighted by Gasteiger charge is -2.36. The Morgan fingerprint density at radius 1 is 0.884 bits per heavy atom. The normalized spacial score (nSPS) is 14.3. The molecule has 0 atom stereocenters. The summed E-state index contributed by atoms with van der Waals surface area (Å²) in [4.78, 5) is 37.4. The number of carbonyl (C=O) groups is 2. The Kier molecular flexibility index (Phi) is 8.38.